The van der Waals surface area contributed by atoms with Crippen molar-refractivity contribution in [3.8, 4) is 11.5 Å². The predicted octanol–water partition coefficient (Wildman–Crippen LogP) is 1.46. The third-order valence-corrected chi connectivity index (χ3v) is 4.42. The van der Waals surface area contributed by atoms with Crippen molar-refractivity contribution in [2.24, 2.45) is 0 Å². The van der Waals surface area contributed by atoms with Gasteiger partial charge in [0.2, 0.25) is 0 Å². The highest BCUT2D eigenvalue weighted by molar-refractivity contribution is 7.92. The van der Waals surface area contributed by atoms with Crippen LogP contribution in [0.5, 0.6) is 11.5 Å². The summed E-state index contributed by atoms with van der Waals surface area (Å²) in [6, 6.07) is 8.25. The summed E-state index contributed by atoms with van der Waals surface area (Å²) in [5.74, 6) is -2.11. The number of halogens is 2. The molecular formula is C15H12F2NO6S-. The van der Waals surface area contributed by atoms with E-state index in [1.807, 2.05) is 0 Å². The van der Waals surface area contributed by atoms with Gasteiger partial charge in [0, 0.05) is 0 Å². The van der Waals surface area contributed by atoms with E-state index >= 15 is 0 Å². The van der Waals surface area contributed by atoms with Gasteiger partial charge in [-0.05, 0) is 35.9 Å². The molecule has 0 radical (unpaired) electrons. The van der Waals surface area contributed by atoms with E-state index in [2.05, 4.69) is 9.46 Å². The minimum Gasteiger partial charge on any atom is -0.545 e. The van der Waals surface area contributed by atoms with Gasteiger partial charge in [0.05, 0.1) is 18.8 Å². The molecule has 25 heavy (non-hydrogen) atoms. The fraction of sp³-hybridized carbons (Fsp3) is 0.133. The molecule has 0 aliphatic carbocycles. The first-order valence-corrected chi connectivity index (χ1v) is 8.19. The Balaban J connectivity index is 2.47. The van der Waals surface area contributed by atoms with Crippen LogP contribution < -0.4 is 19.3 Å². The standard InChI is InChI=1S/C15H13F2NO6S/c1-23-12-7-6-9(14(19)20)8-13(12)25(21,22)18-10-4-2-3-5-11(10)24-15(16)17/h2-8,15,18H,1H3,(H,19,20)/p-1. The average Bonchev–Trinajstić information content (AvgIpc) is 2.55. The number of carbonyl (C=O) groups is 1. The van der Waals surface area contributed by atoms with E-state index in [1.54, 1.807) is 0 Å². The van der Waals surface area contributed by atoms with Crippen molar-refractivity contribution in [3.05, 3.63) is 48.0 Å². The highest BCUT2D eigenvalue weighted by Gasteiger charge is 2.22. The number of ether oxygens (including phenoxy) is 2. The number of benzene rings is 2. The topological polar surface area (TPSA) is 105 Å². The van der Waals surface area contributed by atoms with E-state index in [0.29, 0.717) is 0 Å². The van der Waals surface area contributed by atoms with Crippen LogP contribution in [0.15, 0.2) is 47.4 Å². The Labute approximate surface area is 141 Å². The molecule has 0 unspecified atom stereocenters. The number of carbonyl (C=O) groups excluding carboxylic acids is 1. The van der Waals surface area contributed by atoms with Gasteiger partial charge in [-0.1, -0.05) is 12.1 Å². The van der Waals surface area contributed by atoms with Gasteiger partial charge in [-0.25, -0.2) is 8.42 Å². The van der Waals surface area contributed by atoms with Crippen molar-refractivity contribution in [3.63, 3.8) is 0 Å². The third-order valence-electron chi connectivity index (χ3n) is 3.04. The molecule has 0 saturated heterocycles. The van der Waals surface area contributed by atoms with Crippen LogP contribution in [0.25, 0.3) is 0 Å². The number of anilines is 1. The maximum Gasteiger partial charge on any atom is 0.387 e. The number of carboxylic acids is 1. The molecule has 10 heteroatoms. The SMILES string of the molecule is COc1ccc(C(=O)[O-])cc1S(=O)(=O)Nc1ccccc1OC(F)F. The van der Waals surface area contributed by atoms with Crippen LogP contribution in [0.2, 0.25) is 0 Å². The predicted molar refractivity (Wildman–Crippen MR) is 81.2 cm³/mol. The quantitative estimate of drug-likeness (QED) is 0.789. The monoisotopic (exact) mass is 372 g/mol. The maximum absolute atomic E-state index is 12.5. The van der Waals surface area contributed by atoms with Gasteiger partial charge in [-0.2, -0.15) is 8.78 Å². The molecular weight excluding hydrogens is 360 g/mol. The number of hydrogen-bond acceptors (Lipinski definition) is 6. The van der Waals surface area contributed by atoms with Crippen molar-refractivity contribution < 1.29 is 36.6 Å². The Morgan fingerprint density at radius 3 is 2.44 bits per heavy atom. The molecule has 0 atom stereocenters. The highest BCUT2D eigenvalue weighted by atomic mass is 32.2. The zero-order valence-corrected chi connectivity index (χ0v) is 13.5. The van der Waals surface area contributed by atoms with E-state index in [0.717, 1.165) is 24.3 Å². The minimum atomic E-state index is -4.36. The smallest absolute Gasteiger partial charge is 0.387 e. The second-order valence-corrected chi connectivity index (χ2v) is 6.28. The summed E-state index contributed by atoms with van der Waals surface area (Å²) in [7, 11) is -3.17. The van der Waals surface area contributed by atoms with Crippen molar-refractivity contribution in [1.82, 2.24) is 0 Å². The molecule has 0 saturated carbocycles. The molecule has 0 amide bonds. The Hall–Kier alpha value is -2.88. The summed E-state index contributed by atoms with van der Waals surface area (Å²) in [4.78, 5) is 10.4. The molecule has 1 N–H and O–H groups in total. The molecule has 0 bridgehead atoms. The molecule has 2 aromatic carbocycles. The fourth-order valence-corrected chi connectivity index (χ4v) is 3.23. The first-order valence-electron chi connectivity index (χ1n) is 6.70. The largest absolute Gasteiger partial charge is 0.545 e. The molecule has 0 spiro atoms. The number of methoxy groups -OCH3 is 1. The van der Waals surface area contributed by atoms with Gasteiger partial charge in [-0.3, -0.25) is 4.72 Å². The van der Waals surface area contributed by atoms with Crippen LogP contribution in [0.1, 0.15) is 10.4 Å². The van der Waals surface area contributed by atoms with Crippen LogP contribution >= 0.6 is 0 Å². The van der Waals surface area contributed by atoms with Crippen LogP contribution in [0.4, 0.5) is 14.5 Å². The summed E-state index contributed by atoms with van der Waals surface area (Å²) < 4.78 is 61.2. The number of hydrogen-bond donors (Lipinski definition) is 1. The van der Waals surface area contributed by atoms with Crippen LogP contribution in [-0.2, 0) is 10.0 Å². The van der Waals surface area contributed by atoms with Gasteiger partial charge in [0.1, 0.15) is 16.4 Å². The molecule has 2 aromatic rings. The number of alkyl halides is 2. The maximum atomic E-state index is 12.5. The first kappa shape index (κ1) is 18.5. The highest BCUT2D eigenvalue weighted by Crippen LogP contribution is 2.31. The van der Waals surface area contributed by atoms with Crippen molar-refractivity contribution in [2.75, 3.05) is 11.8 Å². The Morgan fingerprint density at radius 1 is 1.16 bits per heavy atom. The molecule has 7 nitrogen and oxygen atoms in total. The Kier molecular flexibility index (Phi) is 5.42. The van der Waals surface area contributed by atoms with E-state index in [9.17, 15) is 27.1 Å². The third kappa shape index (κ3) is 4.35. The van der Waals surface area contributed by atoms with Crippen LogP contribution in [0, 0.1) is 0 Å². The lowest BCUT2D eigenvalue weighted by atomic mass is 10.2. The Bertz CT molecular complexity index is 885. The lowest BCUT2D eigenvalue weighted by Gasteiger charge is -2.15. The molecule has 0 fully saturated rings. The lowest BCUT2D eigenvalue weighted by molar-refractivity contribution is -0.255. The fourth-order valence-electron chi connectivity index (χ4n) is 1.96. The first-order chi connectivity index (χ1) is 11.7. The van der Waals surface area contributed by atoms with Crippen molar-refractivity contribution in [2.45, 2.75) is 11.5 Å². The van der Waals surface area contributed by atoms with E-state index < -0.39 is 38.8 Å². The van der Waals surface area contributed by atoms with Gasteiger partial charge in [-0.15, -0.1) is 0 Å². The number of para-hydroxylation sites is 2. The average molecular weight is 372 g/mol. The molecule has 134 valence electrons. The van der Waals surface area contributed by atoms with Crippen LogP contribution in [0.3, 0.4) is 0 Å². The number of aromatic carboxylic acids is 1. The summed E-state index contributed by atoms with van der Waals surface area (Å²) in [5.41, 5.74) is -0.637. The Morgan fingerprint density at radius 2 is 1.84 bits per heavy atom. The van der Waals surface area contributed by atoms with E-state index in [4.69, 9.17) is 4.74 Å². The van der Waals surface area contributed by atoms with E-state index in [-0.39, 0.29) is 11.4 Å². The number of nitrogens with one attached hydrogen (secondary N) is 1. The van der Waals surface area contributed by atoms with Gasteiger partial charge >= 0.3 is 6.61 Å². The summed E-state index contributed by atoms with van der Waals surface area (Å²) in [5, 5.41) is 10.9. The number of rotatable bonds is 7. The molecule has 0 aliphatic rings. The minimum absolute atomic E-state index is 0.134. The van der Waals surface area contributed by atoms with Crippen molar-refractivity contribution in [1.29, 1.82) is 0 Å². The van der Waals surface area contributed by atoms with Gasteiger partial charge in [0.15, 0.2) is 0 Å². The zero-order valence-electron chi connectivity index (χ0n) is 12.7. The summed E-state index contributed by atoms with van der Waals surface area (Å²) in [6.45, 7) is -3.15. The molecule has 0 aromatic heterocycles. The number of carboxylic acid groups (broad SMARTS) is 1. The summed E-state index contributed by atoms with van der Waals surface area (Å²) >= 11 is 0. The zero-order chi connectivity index (χ0) is 18.6. The number of sulfonamides is 1. The second kappa shape index (κ2) is 7.34. The normalized spacial score (nSPS) is 11.2. The van der Waals surface area contributed by atoms with Crippen molar-refractivity contribution >= 4 is 21.7 Å². The molecule has 0 heterocycles. The van der Waals surface area contributed by atoms with Gasteiger partial charge < -0.3 is 19.4 Å². The molecule has 0 aliphatic heterocycles. The van der Waals surface area contributed by atoms with Crippen LogP contribution in [-0.4, -0.2) is 28.1 Å². The van der Waals surface area contributed by atoms with Gasteiger partial charge in [0.25, 0.3) is 10.0 Å². The summed E-state index contributed by atoms with van der Waals surface area (Å²) in [6.07, 6.45) is 0. The van der Waals surface area contributed by atoms with E-state index in [1.165, 1.54) is 25.3 Å². The molecule has 2 rings (SSSR count). The second-order valence-electron chi connectivity index (χ2n) is 4.63. The lowest BCUT2D eigenvalue weighted by Crippen LogP contribution is -2.23.